The lowest BCUT2D eigenvalue weighted by molar-refractivity contribution is -0.199. The molecular weight excluding hydrogens is 236 g/mol. The van der Waals surface area contributed by atoms with E-state index < -0.39 is 0 Å². The summed E-state index contributed by atoms with van der Waals surface area (Å²) in [6, 6.07) is 0. The molecule has 104 valence electrons. The van der Waals surface area contributed by atoms with Crippen LogP contribution < -0.4 is 0 Å². The van der Waals surface area contributed by atoms with Crippen LogP contribution in [0.5, 0.6) is 0 Å². The first-order chi connectivity index (χ1) is 8.32. The molecule has 5 heteroatoms. The Kier molecular flexibility index (Phi) is 5.14. The fraction of sp³-hybridized carbons (Fsp3) is 0.846. The van der Waals surface area contributed by atoms with Gasteiger partial charge in [0.25, 0.3) is 0 Å². The van der Waals surface area contributed by atoms with Crippen LogP contribution in [0.3, 0.4) is 0 Å². The highest BCUT2D eigenvalue weighted by molar-refractivity contribution is 5.66. The minimum atomic E-state index is -0.312. The number of rotatable bonds is 3. The van der Waals surface area contributed by atoms with Crippen molar-refractivity contribution < 1.29 is 23.8 Å². The Morgan fingerprint density at radius 2 is 1.67 bits per heavy atom. The second-order valence-corrected chi connectivity index (χ2v) is 4.97. The van der Waals surface area contributed by atoms with Crippen molar-refractivity contribution in [3.8, 4) is 0 Å². The fourth-order valence-electron chi connectivity index (χ4n) is 2.33. The normalized spacial score (nSPS) is 35.9. The number of hydrogen-bond acceptors (Lipinski definition) is 5. The summed E-state index contributed by atoms with van der Waals surface area (Å²) in [4.78, 5) is 21.9. The molecule has 1 aliphatic heterocycles. The summed E-state index contributed by atoms with van der Waals surface area (Å²) >= 11 is 0. The summed E-state index contributed by atoms with van der Waals surface area (Å²) in [5.41, 5.74) is 0. The molecule has 0 aromatic rings. The van der Waals surface area contributed by atoms with Crippen molar-refractivity contribution in [3.05, 3.63) is 0 Å². The minimum Gasteiger partial charge on any atom is -0.463 e. The second-order valence-electron chi connectivity index (χ2n) is 4.97. The summed E-state index contributed by atoms with van der Waals surface area (Å²) in [6.07, 6.45) is -0.586. The summed E-state index contributed by atoms with van der Waals surface area (Å²) in [6.45, 7) is 8.94. The van der Waals surface area contributed by atoms with E-state index in [2.05, 4.69) is 0 Å². The van der Waals surface area contributed by atoms with Crippen LogP contribution in [-0.4, -0.2) is 36.9 Å². The third-order valence-electron chi connectivity index (χ3n) is 3.54. The maximum absolute atomic E-state index is 11.1. The smallest absolute Gasteiger partial charge is 0.303 e. The molecule has 1 saturated heterocycles. The Balaban J connectivity index is 2.64. The molecule has 0 saturated carbocycles. The number of ether oxygens (including phenoxy) is 3. The van der Waals surface area contributed by atoms with Gasteiger partial charge in [-0.1, -0.05) is 13.8 Å². The number of hydrogen-bond donors (Lipinski definition) is 0. The highest BCUT2D eigenvalue weighted by Gasteiger charge is 2.41. The topological polar surface area (TPSA) is 61.8 Å². The van der Waals surface area contributed by atoms with E-state index in [0.717, 1.165) is 0 Å². The predicted molar refractivity (Wildman–Crippen MR) is 64.9 cm³/mol. The van der Waals surface area contributed by atoms with Gasteiger partial charge >= 0.3 is 11.9 Å². The predicted octanol–water partition coefficient (Wildman–Crippen LogP) is 1.54. The van der Waals surface area contributed by atoms with Crippen molar-refractivity contribution >= 4 is 11.9 Å². The molecule has 0 radical (unpaired) electrons. The van der Waals surface area contributed by atoms with Crippen molar-refractivity contribution in [3.63, 3.8) is 0 Å². The van der Waals surface area contributed by atoms with Crippen LogP contribution in [0.15, 0.2) is 0 Å². The van der Waals surface area contributed by atoms with Gasteiger partial charge in [0.15, 0.2) is 0 Å². The fourth-order valence-corrected chi connectivity index (χ4v) is 2.33. The van der Waals surface area contributed by atoms with Gasteiger partial charge in [-0.15, -0.1) is 0 Å². The summed E-state index contributed by atoms with van der Waals surface area (Å²) < 4.78 is 16.1. The SMILES string of the molecule is CC(=O)OC[C@H]1O[C@@H](C)[C@H](OC(C)=O)[C@@H](C)[C@H]1C. The van der Waals surface area contributed by atoms with Crippen LogP contribution in [0.4, 0.5) is 0 Å². The molecule has 5 atom stereocenters. The van der Waals surface area contributed by atoms with Gasteiger partial charge in [0, 0.05) is 19.8 Å². The van der Waals surface area contributed by atoms with Crippen molar-refractivity contribution in [1.82, 2.24) is 0 Å². The molecule has 1 rings (SSSR count). The highest BCUT2D eigenvalue weighted by atomic mass is 16.6. The van der Waals surface area contributed by atoms with E-state index in [1.165, 1.54) is 13.8 Å². The average molecular weight is 258 g/mol. The first-order valence-corrected chi connectivity index (χ1v) is 6.29. The molecular formula is C13H22O5. The van der Waals surface area contributed by atoms with E-state index in [9.17, 15) is 9.59 Å². The van der Waals surface area contributed by atoms with Crippen LogP contribution in [0.2, 0.25) is 0 Å². The van der Waals surface area contributed by atoms with E-state index in [-0.39, 0.29) is 48.7 Å². The van der Waals surface area contributed by atoms with E-state index >= 15 is 0 Å². The molecule has 0 aromatic carbocycles. The summed E-state index contributed by atoms with van der Waals surface area (Å²) in [7, 11) is 0. The van der Waals surface area contributed by atoms with Crippen molar-refractivity contribution in [2.45, 2.75) is 52.9 Å². The molecule has 18 heavy (non-hydrogen) atoms. The van der Waals surface area contributed by atoms with E-state index in [4.69, 9.17) is 14.2 Å². The zero-order valence-electron chi connectivity index (χ0n) is 11.6. The maximum atomic E-state index is 11.1. The van der Waals surface area contributed by atoms with Gasteiger partial charge in [0.05, 0.1) is 12.2 Å². The summed E-state index contributed by atoms with van der Waals surface area (Å²) in [5.74, 6) is -0.288. The molecule has 0 aliphatic carbocycles. The number of esters is 2. The molecule has 1 fully saturated rings. The highest BCUT2D eigenvalue weighted by Crippen LogP contribution is 2.32. The largest absolute Gasteiger partial charge is 0.463 e. The minimum absolute atomic E-state index is 0.147. The van der Waals surface area contributed by atoms with Gasteiger partial charge < -0.3 is 14.2 Å². The van der Waals surface area contributed by atoms with E-state index in [1.807, 2.05) is 20.8 Å². The monoisotopic (exact) mass is 258 g/mol. The first kappa shape index (κ1) is 15.0. The third kappa shape index (κ3) is 3.70. The molecule has 5 nitrogen and oxygen atoms in total. The second kappa shape index (κ2) is 6.18. The lowest BCUT2D eigenvalue weighted by atomic mass is 9.82. The van der Waals surface area contributed by atoms with E-state index in [1.54, 1.807) is 0 Å². The Labute approximate surface area is 108 Å². The van der Waals surface area contributed by atoms with Crippen molar-refractivity contribution in [2.24, 2.45) is 11.8 Å². The lowest BCUT2D eigenvalue weighted by Gasteiger charge is -2.42. The van der Waals surface area contributed by atoms with Gasteiger partial charge in [-0.3, -0.25) is 9.59 Å². The van der Waals surface area contributed by atoms with Crippen molar-refractivity contribution in [2.75, 3.05) is 6.61 Å². The average Bonchev–Trinajstić information content (AvgIpc) is 2.27. The molecule has 0 bridgehead atoms. The lowest BCUT2D eigenvalue weighted by Crippen LogP contribution is -2.51. The Hall–Kier alpha value is -1.10. The molecule has 0 unspecified atom stereocenters. The standard InChI is InChI=1S/C13H22O5/c1-7-8(2)13(18-11(5)15)9(3)17-12(7)6-16-10(4)14/h7-9,12-13H,6H2,1-5H3/t7-,8+,9+,12-,13-/m1/s1. The van der Waals surface area contributed by atoms with Crippen LogP contribution in [-0.2, 0) is 23.8 Å². The van der Waals surface area contributed by atoms with Crippen LogP contribution in [0.25, 0.3) is 0 Å². The first-order valence-electron chi connectivity index (χ1n) is 6.29. The van der Waals surface area contributed by atoms with Crippen LogP contribution >= 0.6 is 0 Å². The molecule has 1 heterocycles. The van der Waals surface area contributed by atoms with Crippen LogP contribution in [0, 0.1) is 11.8 Å². The third-order valence-corrected chi connectivity index (χ3v) is 3.54. The molecule has 0 spiro atoms. The molecule has 0 amide bonds. The van der Waals surface area contributed by atoms with Gasteiger partial charge in [-0.2, -0.15) is 0 Å². The Morgan fingerprint density at radius 1 is 1.06 bits per heavy atom. The summed E-state index contributed by atoms with van der Waals surface area (Å²) in [5, 5.41) is 0. The van der Waals surface area contributed by atoms with Crippen LogP contribution in [0.1, 0.15) is 34.6 Å². The van der Waals surface area contributed by atoms with Gasteiger partial charge in [-0.25, -0.2) is 0 Å². The maximum Gasteiger partial charge on any atom is 0.303 e. The Morgan fingerprint density at radius 3 is 2.17 bits per heavy atom. The molecule has 0 N–H and O–H groups in total. The quantitative estimate of drug-likeness (QED) is 0.719. The van der Waals surface area contributed by atoms with Gasteiger partial charge in [0.2, 0.25) is 0 Å². The van der Waals surface area contributed by atoms with Crippen molar-refractivity contribution in [1.29, 1.82) is 0 Å². The zero-order valence-corrected chi connectivity index (χ0v) is 11.6. The van der Waals surface area contributed by atoms with Gasteiger partial charge in [-0.05, 0) is 12.8 Å². The van der Waals surface area contributed by atoms with Gasteiger partial charge in [0.1, 0.15) is 12.7 Å². The molecule has 0 aromatic heterocycles. The number of carbonyl (C=O) groups excluding carboxylic acids is 2. The number of carbonyl (C=O) groups is 2. The Bertz CT molecular complexity index is 313. The molecule has 1 aliphatic rings. The zero-order chi connectivity index (χ0) is 13.9. The van der Waals surface area contributed by atoms with E-state index in [0.29, 0.717) is 0 Å².